The monoisotopic (exact) mass is 252 g/mol. The lowest BCUT2D eigenvalue weighted by Crippen LogP contribution is -2.44. The van der Waals surface area contributed by atoms with Crippen LogP contribution in [0.2, 0.25) is 0 Å². The molecule has 0 spiro atoms. The highest BCUT2D eigenvalue weighted by atomic mass is 16.2. The number of carbonyl (C=O) groups is 1. The second-order valence-electron chi connectivity index (χ2n) is 4.28. The maximum atomic E-state index is 12.1. The Morgan fingerprint density at radius 3 is 2.67 bits per heavy atom. The smallest absolute Gasteiger partial charge is 0.239 e. The molecule has 0 radical (unpaired) electrons. The number of aryl methyl sites for hydroxylation is 1. The number of nitrogens with zero attached hydrogens (tertiary/aromatic N) is 3. The lowest BCUT2D eigenvalue weighted by Gasteiger charge is -2.23. The van der Waals surface area contributed by atoms with Crippen LogP contribution in [0.1, 0.15) is 33.4 Å². The molecule has 1 amide bonds. The van der Waals surface area contributed by atoms with E-state index in [0.717, 1.165) is 25.3 Å². The van der Waals surface area contributed by atoms with E-state index in [4.69, 9.17) is 0 Å². The molecule has 1 aromatic rings. The van der Waals surface area contributed by atoms with Gasteiger partial charge in [-0.05, 0) is 27.7 Å². The lowest BCUT2D eigenvalue weighted by atomic mass is 10.2. The highest BCUT2D eigenvalue weighted by Crippen LogP contribution is 2.01. The maximum Gasteiger partial charge on any atom is 0.239 e. The van der Waals surface area contributed by atoms with Crippen molar-refractivity contribution in [2.24, 2.45) is 0 Å². The van der Waals surface area contributed by atoms with E-state index in [-0.39, 0.29) is 11.9 Å². The number of carbonyl (C=O) groups excluding carboxylic acids is 1. The van der Waals surface area contributed by atoms with Gasteiger partial charge in [-0.3, -0.25) is 4.79 Å². The van der Waals surface area contributed by atoms with Crippen molar-refractivity contribution in [3.63, 3.8) is 0 Å². The van der Waals surface area contributed by atoms with E-state index < -0.39 is 0 Å². The Morgan fingerprint density at radius 2 is 2.11 bits per heavy atom. The maximum absolute atomic E-state index is 12.1. The molecule has 1 atom stereocenters. The third-order valence-corrected chi connectivity index (χ3v) is 3.17. The van der Waals surface area contributed by atoms with E-state index in [1.807, 2.05) is 38.2 Å². The first-order chi connectivity index (χ1) is 8.63. The van der Waals surface area contributed by atoms with Crippen LogP contribution in [0, 0.1) is 0 Å². The molecule has 1 heterocycles. The van der Waals surface area contributed by atoms with Crippen LogP contribution in [-0.2, 0) is 17.9 Å². The molecule has 0 fully saturated rings. The fourth-order valence-corrected chi connectivity index (χ4v) is 1.93. The van der Waals surface area contributed by atoms with Crippen LogP contribution < -0.4 is 5.32 Å². The van der Waals surface area contributed by atoms with Crippen LogP contribution in [0.3, 0.4) is 0 Å². The topological polar surface area (TPSA) is 50.2 Å². The molecule has 5 heteroatoms. The highest BCUT2D eigenvalue weighted by molar-refractivity contribution is 5.81. The fraction of sp³-hybridized carbons (Fsp3) is 0.692. The summed E-state index contributed by atoms with van der Waals surface area (Å²) in [6, 6.07) is -0.162. The molecule has 1 unspecified atom stereocenters. The Bertz CT molecular complexity index is 371. The van der Waals surface area contributed by atoms with Gasteiger partial charge >= 0.3 is 0 Å². The summed E-state index contributed by atoms with van der Waals surface area (Å²) in [6.45, 7) is 11.1. The standard InChI is InChI=1S/C13H24N4O/c1-5-16(6-2)13(18)11(4)15-9-12-8-14-10-17(12)7-3/h8,10-11,15H,5-7,9H2,1-4H3. The number of hydrogen-bond acceptors (Lipinski definition) is 3. The molecular weight excluding hydrogens is 228 g/mol. The summed E-state index contributed by atoms with van der Waals surface area (Å²) in [5.74, 6) is 0.155. The minimum atomic E-state index is -0.162. The van der Waals surface area contributed by atoms with Gasteiger partial charge in [0, 0.05) is 32.4 Å². The van der Waals surface area contributed by atoms with Crippen LogP contribution in [0.25, 0.3) is 0 Å². The van der Waals surface area contributed by atoms with Crippen LogP contribution >= 0.6 is 0 Å². The molecule has 0 aromatic carbocycles. The SMILES string of the molecule is CCN(CC)C(=O)C(C)NCc1cncn1CC. The van der Waals surface area contributed by atoms with E-state index in [1.165, 1.54) is 0 Å². The Balaban J connectivity index is 2.50. The molecule has 0 aliphatic rings. The minimum absolute atomic E-state index is 0.155. The second-order valence-corrected chi connectivity index (χ2v) is 4.28. The van der Waals surface area contributed by atoms with Gasteiger partial charge in [-0.2, -0.15) is 0 Å². The quantitative estimate of drug-likeness (QED) is 0.794. The van der Waals surface area contributed by atoms with Crippen molar-refractivity contribution in [1.29, 1.82) is 0 Å². The lowest BCUT2D eigenvalue weighted by molar-refractivity contribution is -0.132. The Morgan fingerprint density at radius 1 is 1.44 bits per heavy atom. The van der Waals surface area contributed by atoms with Crippen molar-refractivity contribution in [3.8, 4) is 0 Å². The fourth-order valence-electron chi connectivity index (χ4n) is 1.93. The number of aromatic nitrogens is 2. The van der Waals surface area contributed by atoms with Gasteiger partial charge in [0.1, 0.15) is 0 Å². The first kappa shape index (κ1) is 14.7. The number of likely N-dealkylation sites (N-methyl/N-ethyl adjacent to an activating group) is 1. The molecule has 0 aliphatic heterocycles. The molecule has 18 heavy (non-hydrogen) atoms. The third kappa shape index (κ3) is 3.57. The average Bonchev–Trinajstić information content (AvgIpc) is 2.84. The van der Waals surface area contributed by atoms with Crippen molar-refractivity contribution in [3.05, 3.63) is 18.2 Å². The minimum Gasteiger partial charge on any atom is -0.342 e. The molecule has 0 saturated heterocycles. The summed E-state index contributed by atoms with van der Waals surface area (Å²) in [6.07, 6.45) is 3.65. The first-order valence-electron chi connectivity index (χ1n) is 6.65. The van der Waals surface area contributed by atoms with Gasteiger partial charge in [-0.15, -0.1) is 0 Å². The summed E-state index contributed by atoms with van der Waals surface area (Å²) in [5, 5.41) is 3.26. The summed E-state index contributed by atoms with van der Waals surface area (Å²) < 4.78 is 2.07. The largest absolute Gasteiger partial charge is 0.342 e. The molecule has 1 aromatic heterocycles. The van der Waals surface area contributed by atoms with Crippen molar-refractivity contribution in [1.82, 2.24) is 19.8 Å². The van der Waals surface area contributed by atoms with Gasteiger partial charge in [0.2, 0.25) is 5.91 Å². The molecule has 102 valence electrons. The molecular formula is C13H24N4O. The Labute approximate surface area is 109 Å². The number of rotatable bonds is 7. The summed E-state index contributed by atoms with van der Waals surface area (Å²) >= 11 is 0. The molecule has 1 rings (SSSR count). The molecule has 0 saturated carbocycles. The number of hydrogen-bond donors (Lipinski definition) is 1. The van der Waals surface area contributed by atoms with Crippen molar-refractivity contribution >= 4 is 5.91 Å². The van der Waals surface area contributed by atoms with Gasteiger partial charge in [0.25, 0.3) is 0 Å². The van der Waals surface area contributed by atoms with Crippen LogP contribution in [0.5, 0.6) is 0 Å². The predicted octanol–water partition coefficient (Wildman–Crippen LogP) is 1.25. The van der Waals surface area contributed by atoms with Gasteiger partial charge in [-0.25, -0.2) is 4.98 Å². The molecule has 1 N–H and O–H groups in total. The average molecular weight is 252 g/mol. The van der Waals surface area contributed by atoms with E-state index in [9.17, 15) is 4.79 Å². The summed E-state index contributed by atoms with van der Waals surface area (Å²) in [5.41, 5.74) is 1.11. The molecule has 5 nitrogen and oxygen atoms in total. The number of amides is 1. The molecule has 0 aliphatic carbocycles. The van der Waals surface area contributed by atoms with Crippen molar-refractivity contribution < 1.29 is 4.79 Å². The van der Waals surface area contributed by atoms with Crippen molar-refractivity contribution in [2.45, 2.75) is 46.8 Å². The van der Waals surface area contributed by atoms with Crippen LogP contribution in [0.4, 0.5) is 0 Å². The van der Waals surface area contributed by atoms with E-state index in [2.05, 4.69) is 21.8 Å². The first-order valence-corrected chi connectivity index (χ1v) is 6.65. The normalized spacial score (nSPS) is 12.4. The van der Waals surface area contributed by atoms with Crippen molar-refractivity contribution in [2.75, 3.05) is 13.1 Å². The van der Waals surface area contributed by atoms with Gasteiger partial charge < -0.3 is 14.8 Å². The van der Waals surface area contributed by atoms with E-state index in [0.29, 0.717) is 6.54 Å². The van der Waals surface area contributed by atoms with Gasteiger partial charge in [0.05, 0.1) is 18.1 Å². The zero-order valence-electron chi connectivity index (χ0n) is 11.8. The number of nitrogens with one attached hydrogen (secondary N) is 1. The van der Waals surface area contributed by atoms with Crippen LogP contribution in [-0.4, -0.2) is 39.5 Å². The van der Waals surface area contributed by atoms with Gasteiger partial charge in [-0.1, -0.05) is 0 Å². The second kappa shape index (κ2) is 7.16. The third-order valence-electron chi connectivity index (χ3n) is 3.17. The zero-order valence-corrected chi connectivity index (χ0v) is 11.8. The number of imidazole rings is 1. The highest BCUT2D eigenvalue weighted by Gasteiger charge is 2.17. The predicted molar refractivity (Wildman–Crippen MR) is 72.1 cm³/mol. The summed E-state index contributed by atoms with van der Waals surface area (Å²) in [4.78, 5) is 18.0. The van der Waals surface area contributed by atoms with E-state index >= 15 is 0 Å². The Hall–Kier alpha value is -1.36. The summed E-state index contributed by atoms with van der Waals surface area (Å²) in [7, 11) is 0. The van der Waals surface area contributed by atoms with E-state index in [1.54, 1.807) is 0 Å². The molecule has 0 bridgehead atoms. The zero-order chi connectivity index (χ0) is 13.5. The van der Waals surface area contributed by atoms with Crippen LogP contribution in [0.15, 0.2) is 12.5 Å². The van der Waals surface area contributed by atoms with Gasteiger partial charge in [0.15, 0.2) is 0 Å². The Kier molecular flexibility index (Phi) is 5.85.